The zero-order valence-corrected chi connectivity index (χ0v) is 14.5. The van der Waals surface area contributed by atoms with Crippen LogP contribution in [0.15, 0.2) is 18.2 Å². The van der Waals surface area contributed by atoms with Crippen LogP contribution in [0.3, 0.4) is 0 Å². The van der Waals surface area contributed by atoms with Gasteiger partial charge in [-0.2, -0.15) is 0 Å². The Labute approximate surface area is 145 Å². The zero-order chi connectivity index (χ0) is 17.3. The molecule has 3 rings (SSSR count). The number of aromatic nitrogens is 1. The first-order chi connectivity index (χ1) is 11.5. The highest BCUT2D eigenvalue weighted by molar-refractivity contribution is 6.38. The van der Waals surface area contributed by atoms with Gasteiger partial charge in [-0.25, -0.2) is 9.37 Å². The van der Waals surface area contributed by atoms with Crippen molar-refractivity contribution in [2.24, 2.45) is 5.92 Å². The van der Waals surface area contributed by atoms with Gasteiger partial charge in [0, 0.05) is 17.5 Å². The van der Waals surface area contributed by atoms with E-state index in [0.29, 0.717) is 16.8 Å². The molecule has 0 unspecified atom stereocenters. The van der Waals surface area contributed by atoms with Gasteiger partial charge in [-0.05, 0) is 43.7 Å². The van der Waals surface area contributed by atoms with Crippen molar-refractivity contribution in [2.75, 3.05) is 7.11 Å². The Morgan fingerprint density at radius 2 is 2.04 bits per heavy atom. The summed E-state index contributed by atoms with van der Waals surface area (Å²) in [6.45, 7) is 2.23. The maximum Gasteiger partial charge on any atom is 0.258 e. The Kier molecular flexibility index (Phi) is 4.90. The summed E-state index contributed by atoms with van der Waals surface area (Å²) in [7, 11) is 1.42. The lowest BCUT2D eigenvalue weighted by Crippen LogP contribution is -2.37. The first-order valence-corrected chi connectivity index (χ1v) is 8.51. The fourth-order valence-corrected chi connectivity index (χ4v) is 3.51. The van der Waals surface area contributed by atoms with Crippen LogP contribution in [0.1, 0.15) is 43.0 Å². The average Bonchev–Trinajstić information content (AvgIpc) is 2.56. The largest absolute Gasteiger partial charge is 0.480 e. The van der Waals surface area contributed by atoms with E-state index in [4.69, 9.17) is 16.3 Å². The van der Waals surface area contributed by atoms with Crippen molar-refractivity contribution in [1.82, 2.24) is 10.3 Å². The fraction of sp³-hybridized carbons (Fsp3) is 0.444. The van der Waals surface area contributed by atoms with Crippen LogP contribution in [0, 0.1) is 11.7 Å². The lowest BCUT2D eigenvalue weighted by atomic mass is 9.87. The van der Waals surface area contributed by atoms with E-state index in [-0.39, 0.29) is 28.4 Å². The Morgan fingerprint density at radius 1 is 1.33 bits per heavy atom. The SMILES string of the molecule is COc1nc2cc(F)ccc2c(Cl)c1C(=O)N[C@H]1CC[C@H](C)CC1. The molecule has 4 nitrogen and oxygen atoms in total. The lowest BCUT2D eigenvalue weighted by molar-refractivity contribution is 0.0919. The summed E-state index contributed by atoms with van der Waals surface area (Å²) in [4.78, 5) is 17.0. The van der Waals surface area contributed by atoms with E-state index in [1.807, 2.05) is 0 Å². The van der Waals surface area contributed by atoms with Crippen LogP contribution in [0.25, 0.3) is 10.9 Å². The molecule has 1 aliphatic rings. The number of rotatable bonds is 3. The van der Waals surface area contributed by atoms with Gasteiger partial charge in [-0.3, -0.25) is 4.79 Å². The predicted molar refractivity (Wildman–Crippen MR) is 92.1 cm³/mol. The minimum absolute atomic E-state index is 0.111. The maximum absolute atomic E-state index is 13.4. The number of methoxy groups -OCH3 is 1. The first-order valence-electron chi connectivity index (χ1n) is 8.13. The van der Waals surface area contributed by atoms with E-state index in [0.717, 1.165) is 25.7 Å². The van der Waals surface area contributed by atoms with Crippen molar-refractivity contribution in [2.45, 2.75) is 38.6 Å². The second kappa shape index (κ2) is 6.93. The molecule has 1 aromatic carbocycles. The summed E-state index contributed by atoms with van der Waals surface area (Å²) in [6.07, 6.45) is 4.12. The number of hydrogen-bond acceptors (Lipinski definition) is 3. The molecular formula is C18H20ClFN2O2. The van der Waals surface area contributed by atoms with E-state index in [1.165, 1.54) is 25.3 Å². The molecule has 1 amide bonds. The molecular weight excluding hydrogens is 331 g/mol. The topological polar surface area (TPSA) is 51.2 Å². The standard InChI is InChI=1S/C18H20ClFN2O2/c1-10-3-6-12(7-4-10)21-17(23)15-16(19)13-8-5-11(20)9-14(13)22-18(15)24-2/h5,8-10,12H,3-4,6-7H2,1-2H3,(H,21,23)/t10-,12-. The Balaban J connectivity index is 1.94. The van der Waals surface area contributed by atoms with Crippen LogP contribution in [0.2, 0.25) is 5.02 Å². The van der Waals surface area contributed by atoms with E-state index in [1.54, 1.807) is 0 Å². The normalized spacial score (nSPS) is 20.8. The molecule has 0 saturated heterocycles. The molecule has 0 aliphatic heterocycles. The van der Waals surface area contributed by atoms with Crippen LogP contribution in [0.4, 0.5) is 4.39 Å². The van der Waals surface area contributed by atoms with Crippen molar-refractivity contribution in [3.63, 3.8) is 0 Å². The summed E-state index contributed by atoms with van der Waals surface area (Å²) in [5.74, 6) is 0.102. The number of amides is 1. The number of fused-ring (bicyclic) bond motifs is 1. The van der Waals surface area contributed by atoms with E-state index in [9.17, 15) is 9.18 Å². The molecule has 128 valence electrons. The Bertz CT molecular complexity index is 773. The Morgan fingerprint density at radius 3 is 2.71 bits per heavy atom. The van der Waals surface area contributed by atoms with Gasteiger partial charge in [0.25, 0.3) is 5.91 Å². The van der Waals surface area contributed by atoms with Crippen LogP contribution in [-0.2, 0) is 0 Å². The first kappa shape index (κ1) is 17.0. The molecule has 0 atom stereocenters. The highest BCUT2D eigenvalue weighted by Gasteiger charge is 2.25. The maximum atomic E-state index is 13.4. The molecule has 1 saturated carbocycles. The average molecular weight is 351 g/mol. The summed E-state index contributed by atoms with van der Waals surface area (Å²) in [5, 5.41) is 3.79. The number of carbonyl (C=O) groups excluding carboxylic acids is 1. The van der Waals surface area contributed by atoms with Gasteiger partial charge in [0.05, 0.1) is 17.6 Å². The predicted octanol–water partition coefficient (Wildman–Crippen LogP) is 4.34. The van der Waals surface area contributed by atoms with Gasteiger partial charge in [-0.15, -0.1) is 0 Å². The molecule has 1 heterocycles. The highest BCUT2D eigenvalue weighted by atomic mass is 35.5. The van der Waals surface area contributed by atoms with Crippen molar-refractivity contribution in [1.29, 1.82) is 0 Å². The van der Waals surface area contributed by atoms with Crippen LogP contribution in [-0.4, -0.2) is 24.0 Å². The molecule has 0 bridgehead atoms. The van der Waals surface area contributed by atoms with Crippen LogP contribution >= 0.6 is 11.6 Å². The highest BCUT2D eigenvalue weighted by Crippen LogP contribution is 2.33. The lowest BCUT2D eigenvalue weighted by Gasteiger charge is -2.27. The number of benzene rings is 1. The van der Waals surface area contributed by atoms with E-state index < -0.39 is 5.82 Å². The van der Waals surface area contributed by atoms with Gasteiger partial charge in [0.1, 0.15) is 11.4 Å². The minimum Gasteiger partial charge on any atom is -0.480 e. The quantitative estimate of drug-likeness (QED) is 0.895. The van der Waals surface area contributed by atoms with E-state index >= 15 is 0 Å². The molecule has 1 aromatic heterocycles. The molecule has 0 spiro atoms. The number of pyridine rings is 1. The van der Waals surface area contributed by atoms with Crippen LogP contribution in [0.5, 0.6) is 5.88 Å². The third-order valence-corrected chi connectivity index (χ3v) is 5.02. The van der Waals surface area contributed by atoms with E-state index in [2.05, 4.69) is 17.2 Å². The number of carbonyl (C=O) groups is 1. The van der Waals surface area contributed by atoms with Crippen molar-refractivity contribution in [3.05, 3.63) is 34.6 Å². The summed E-state index contributed by atoms with van der Waals surface area (Å²) >= 11 is 6.41. The molecule has 6 heteroatoms. The van der Waals surface area contributed by atoms with Gasteiger partial charge < -0.3 is 10.1 Å². The second-order valence-corrected chi connectivity index (χ2v) is 6.78. The smallest absolute Gasteiger partial charge is 0.258 e. The summed E-state index contributed by atoms with van der Waals surface area (Å²) in [6, 6.07) is 4.23. The summed E-state index contributed by atoms with van der Waals surface area (Å²) in [5.41, 5.74) is 0.566. The molecule has 1 N–H and O–H groups in total. The fourth-order valence-electron chi connectivity index (χ4n) is 3.18. The third-order valence-electron chi connectivity index (χ3n) is 4.62. The summed E-state index contributed by atoms with van der Waals surface area (Å²) < 4.78 is 18.6. The monoisotopic (exact) mass is 350 g/mol. The van der Waals surface area contributed by atoms with Crippen molar-refractivity contribution in [3.8, 4) is 5.88 Å². The van der Waals surface area contributed by atoms with Crippen molar-refractivity contribution >= 4 is 28.4 Å². The van der Waals surface area contributed by atoms with Gasteiger partial charge in [0.2, 0.25) is 5.88 Å². The number of hydrogen-bond donors (Lipinski definition) is 1. The third kappa shape index (κ3) is 3.31. The van der Waals surface area contributed by atoms with Crippen molar-refractivity contribution < 1.29 is 13.9 Å². The molecule has 1 fully saturated rings. The minimum atomic E-state index is -0.415. The Hall–Kier alpha value is -1.88. The zero-order valence-electron chi connectivity index (χ0n) is 13.7. The number of halogens is 2. The number of nitrogens with zero attached hydrogens (tertiary/aromatic N) is 1. The van der Waals surface area contributed by atoms with Gasteiger partial charge in [0.15, 0.2) is 0 Å². The molecule has 0 radical (unpaired) electrons. The molecule has 2 aromatic rings. The second-order valence-electron chi connectivity index (χ2n) is 6.40. The number of ether oxygens (including phenoxy) is 1. The van der Waals surface area contributed by atoms with Crippen LogP contribution < -0.4 is 10.1 Å². The number of nitrogens with one attached hydrogen (secondary N) is 1. The molecule has 1 aliphatic carbocycles. The molecule has 24 heavy (non-hydrogen) atoms. The van der Waals surface area contributed by atoms with Gasteiger partial charge >= 0.3 is 0 Å². The van der Waals surface area contributed by atoms with Gasteiger partial charge in [-0.1, -0.05) is 18.5 Å².